The van der Waals surface area contributed by atoms with E-state index in [1.165, 1.54) is 5.56 Å². The molecule has 0 bridgehead atoms. The van der Waals surface area contributed by atoms with Crippen molar-refractivity contribution in [3.05, 3.63) is 48.0 Å². The lowest BCUT2D eigenvalue weighted by molar-refractivity contribution is -0.117. The number of methoxy groups -OCH3 is 3. The summed E-state index contributed by atoms with van der Waals surface area (Å²) in [6.45, 7) is 4.85. The van der Waals surface area contributed by atoms with Crippen LogP contribution in [0.15, 0.2) is 42.5 Å². The predicted octanol–water partition coefficient (Wildman–Crippen LogP) is 2.47. The minimum Gasteiger partial charge on any atom is -0.497 e. The third kappa shape index (κ3) is 5.85. The summed E-state index contributed by atoms with van der Waals surface area (Å²) in [5.41, 5.74) is 1.89. The Morgan fingerprint density at radius 1 is 0.862 bits per heavy atom. The number of amides is 1. The summed E-state index contributed by atoms with van der Waals surface area (Å²) in [4.78, 5) is 17.1. The molecule has 1 heterocycles. The molecule has 2 aromatic rings. The second-order valence-electron chi connectivity index (χ2n) is 7.01. The van der Waals surface area contributed by atoms with Crippen LogP contribution in [0.3, 0.4) is 0 Å². The molecule has 2 aromatic carbocycles. The number of carbonyl (C=O) groups excluding carboxylic acids is 1. The molecule has 0 unspecified atom stereocenters. The van der Waals surface area contributed by atoms with E-state index in [0.29, 0.717) is 23.7 Å². The highest BCUT2D eigenvalue weighted by Crippen LogP contribution is 2.28. The molecule has 0 aromatic heterocycles. The highest BCUT2D eigenvalue weighted by atomic mass is 16.5. The van der Waals surface area contributed by atoms with Crippen LogP contribution in [0.5, 0.6) is 17.2 Å². The Kier molecular flexibility index (Phi) is 7.32. The molecular formula is C22H29N3O4. The van der Waals surface area contributed by atoms with Crippen LogP contribution in [0.1, 0.15) is 5.56 Å². The number of piperazine rings is 1. The van der Waals surface area contributed by atoms with Crippen molar-refractivity contribution in [3.63, 3.8) is 0 Å². The van der Waals surface area contributed by atoms with E-state index >= 15 is 0 Å². The van der Waals surface area contributed by atoms with Crippen molar-refractivity contribution < 1.29 is 19.0 Å². The largest absolute Gasteiger partial charge is 0.497 e. The van der Waals surface area contributed by atoms with Crippen molar-refractivity contribution in [1.29, 1.82) is 0 Å². The van der Waals surface area contributed by atoms with E-state index in [2.05, 4.69) is 27.2 Å². The first-order valence-electron chi connectivity index (χ1n) is 9.71. The van der Waals surface area contributed by atoms with Gasteiger partial charge in [0.1, 0.15) is 17.2 Å². The van der Waals surface area contributed by atoms with Gasteiger partial charge in [-0.25, -0.2) is 0 Å². The molecule has 0 radical (unpaired) electrons. The number of anilines is 1. The van der Waals surface area contributed by atoms with Crippen LogP contribution in [0, 0.1) is 0 Å². The predicted molar refractivity (Wildman–Crippen MR) is 113 cm³/mol. The minimum atomic E-state index is -0.0554. The molecule has 1 fully saturated rings. The van der Waals surface area contributed by atoms with Gasteiger partial charge in [0.15, 0.2) is 0 Å². The summed E-state index contributed by atoms with van der Waals surface area (Å²) < 4.78 is 15.8. The first-order valence-corrected chi connectivity index (χ1v) is 9.71. The van der Waals surface area contributed by atoms with Gasteiger partial charge in [-0.1, -0.05) is 12.1 Å². The first kappa shape index (κ1) is 21.0. The molecule has 0 aliphatic carbocycles. The molecule has 0 saturated carbocycles. The lowest BCUT2D eigenvalue weighted by atomic mass is 10.2. The summed E-state index contributed by atoms with van der Waals surface area (Å²) >= 11 is 0. The topological polar surface area (TPSA) is 63.3 Å². The highest BCUT2D eigenvalue weighted by Gasteiger charge is 2.20. The van der Waals surface area contributed by atoms with Crippen LogP contribution in [0.2, 0.25) is 0 Å². The smallest absolute Gasteiger partial charge is 0.238 e. The molecule has 0 atom stereocenters. The standard InChI is InChI=1S/C22H29N3O4/c1-27-18-6-4-17(5-7-18)15-24-10-12-25(13-11-24)16-22(26)23-20-14-19(28-2)8-9-21(20)29-3/h4-9,14H,10-13,15-16H2,1-3H3,(H,23,26). The van der Waals surface area contributed by atoms with E-state index in [1.807, 2.05) is 12.1 Å². The van der Waals surface area contributed by atoms with E-state index in [1.54, 1.807) is 39.5 Å². The SMILES string of the molecule is COc1ccc(CN2CCN(CC(=O)Nc3cc(OC)ccc3OC)CC2)cc1. The lowest BCUT2D eigenvalue weighted by Gasteiger charge is -2.34. The van der Waals surface area contributed by atoms with Gasteiger partial charge in [-0.15, -0.1) is 0 Å². The molecule has 156 valence electrons. The summed E-state index contributed by atoms with van der Waals surface area (Å²) in [5.74, 6) is 2.11. The number of carbonyl (C=O) groups is 1. The molecule has 7 heteroatoms. The van der Waals surface area contributed by atoms with Gasteiger partial charge < -0.3 is 19.5 Å². The van der Waals surface area contributed by atoms with Gasteiger partial charge in [0, 0.05) is 38.8 Å². The monoisotopic (exact) mass is 399 g/mol. The van der Waals surface area contributed by atoms with E-state index in [-0.39, 0.29) is 5.91 Å². The third-order valence-electron chi connectivity index (χ3n) is 5.08. The van der Waals surface area contributed by atoms with Gasteiger partial charge in [-0.05, 0) is 29.8 Å². The second kappa shape index (κ2) is 10.1. The Morgan fingerprint density at radius 3 is 2.10 bits per heavy atom. The van der Waals surface area contributed by atoms with Crippen LogP contribution in [0.25, 0.3) is 0 Å². The molecule has 0 spiro atoms. The van der Waals surface area contributed by atoms with Crippen molar-refractivity contribution in [3.8, 4) is 17.2 Å². The fourth-order valence-electron chi connectivity index (χ4n) is 3.40. The average molecular weight is 399 g/mol. The number of nitrogens with zero attached hydrogens (tertiary/aromatic N) is 2. The van der Waals surface area contributed by atoms with Gasteiger partial charge in [0.05, 0.1) is 33.6 Å². The lowest BCUT2D eigenvalue weighted by Crippen LogP contribution is -2.48. The van der Waals surface area contributed by atoms with Gasteiger partial charge in [0.25, 0.3) is 0 Å². The quantitative estimate of drug-likeness (QED) is 0.736. The van der Waals surface area contributed by atoms with Crippen LogP contribution >= 0.6 is 0 Å². The fourth-order valence-corrected chi connectivity index (χ4v) is 3.40. The minimum absolute atomic E-state index is 0.0554. The molecule has 1 N–H and O–H groups in total. The third-order valence-corrected chi connectivity index (χ3v) is 5.08. The van der Waals surface area contributed by atoms with Crippen molar-refractivity contribution in [2.45, 2.75) is 6.54 Å². The van der Waals surface area contributed by atoms with Crippen molar-refractivity contribution in [2.24, 2.45) is 0 Å². The molecule has 3 rings (SSSR count). The number of ether oxygens (including phenoxy) is 3. The zero-order valence-electron chi connectivity index (χ0n) is 17.3. The highest BCUT2D eigenvalue weighted by molar-refractivity contribution is 5.94. The van der Waals surface area contributed by atoms with E-state index in [0.717, 1.165) is 38.5 Å². The number of hydrogen-bond acceptors (Lipinski definition) is 6. The molecule has 29 heavy (non-hydrogen) atoms. The van der Waals surface area contributed by atoms with E-state index < -0.39 is 0 Å². The Hall–Kier alpha value is -2.77. The summed E-state index contributed by atoms with van der Waals surface area (Å²) in [5, 5.41) is 2.93. The first-order chi connectivity index (χ1) is 14.1. The summed E-state index contributed by atoms with van der Waals surface area (Å²) in [7, 11) is 4.85. The molecule has 1 aliphatic heterocycles. The zero-order valence-corrected chi connectivity index (χ0v) is 17.3. The van der Waals surface area contributed by atoms with Crippen molar-refractivity contribution in [1.82, 2.24) is 9.80 Å². The molecule has 1 amide bonds. The molecule has 1 aliphatic rings. The maximum atomic E-state index is 12.5. The van der Waals surface area contributed by atoms with E-state index in [9.17, 15) is 4.79 Å². The molecular weight excluding hydrogens is 370 g/mol. The molecule has 1 saturated heterocycles. The van der Waals surface area contributed by atoms with Crippen LogP contribution < -0.4 is 19.5 Å². The summed E-state index contributed by atoms with van der Waals surface area (Å²) in [6.07, 6.45) is 0. The number of benzene rings is 2. The average Bonchev–Trinajstić information content (AvgIpc) is 2.75. The van der Waals surface area contributed by atoms with E-state index in [4.69, 9.17) is 14.2 Å². The van der Waals surface area contributed by atoms with Gasteiger partial charge >= 0.3 is 0 Å². The number of rotatable bonds is 8. The second-order valence-corrected chi connectivity index (χ2v) is 7.01. The van der Waals surface area contributed by atoms with Crippen molar-refractivity contribution in [2.75, 3.05) is 59.4 Å². The number of hydrogen-bond donors (Lipinski definition) is 1. The van der Waals surface area contributed by atoms with Crippen LogP contribution in [-0.4, -0.2) is 69.8 Å². The van der Waals surface area contributed by atoms with Crippen LogP contribution in [0.4, 0.5) is 5.69 Å². The van der Waals surface area contributed by atoms with Gasteiger partial charge in [0.2, 0.25) is 5.91 Å². The molecule has 7 nitrogen and oxygen atoms in total. The normalized spacial score (nSPS) is 15.0. The Labute approximate surface area is 172 Å². The van der Waals surface area contributed by atoms with Crippen molar-refractivity contribution >= 4 is 11.6 Å². The van der Waals surface area contributed by atoms with Gasteiger partial charge in [-0.3, -0.25) is 14.6 Å². The number of nitrogens with one attached hydrogen (secondary N) is 1. The fraction of sp³-hybridized carbons (Fsp3) is 0.409. The van der Waals surface area contributed by atoms with Gasteiger partial charge in [-0.2, -0.15) is 0 Å². The Bertz CT molecular complexity index is 802. The maximum absolute atomic E-state index is 12.5. The Morgan fingerprint density at radius 2 is 1.48 bits per heavy atom. The Balaban J connectivity index is 1.47. The summed E-state index contributed by atoms with van der Waals surface area (Å²) in [6, 6.07) is 13.5. The van der Waals surface area contributed by atoms with Crippen LogP contribution in [-0.2, 0) is 11.3 Å². The maximum Gasteiger partial charge on any atom is 0.238 e. The zero-order chi connectivity index (χ0) is 20.6.